The Kier molecular flexibility index (Phi) is 3.17. The second kappa shape index (κ2) is 4.33. The van der Waals surface area contributed by atoms with E-state index in [4.69, 9.17) is 9.84 Å². The second-order valence-electron chi connectivity index (χ2n) is 5.98. The summed E-state index contributed by atoms with van der Waals surface area (Å²) in [5, 5.41) is 9.10. The first-order chi connectivity index (χ1) is 7.89. The van der Waals surface area contributed by atoms with Crippen LogP contribution in [0.4, 0.5) is 4.79 Å². The summed E-state index contributed by atoms with van der Waals surface area (Å²) in [6, 6.07) is 0. The Morgan fingerprint density at radius 2 is 2.29 bits per heavy atom. The van der Waals surface area contributed by atoms with E-state index in [9.17, 15) is 4.79 Å². The summed E-state index contributed by atoms with van der Waals surface area (Å²) in [5.74, 6) is 0.718. The Labute approximate surface area is 102 Å². The van der Waals surface area contributed by atoms with Gasteiger partial charge in [-0.05, 0) is 38.7 Å². The molecule has 0 bridgehead atoms. The molecule has 0 aromatic rings. The molecule has 0 aromatic carbocycles. The van der Waals surface area contributed by atoms with Gasteiger partial charge < -0.3 is 14.7 Å². The summed E-state index contributed by atoms with van der Waals surface area (Å²) >= 11 is 0. The Balaban J connectivity index is 1.94. The number of ether oxygens (including phenoxy) is 1. The van der Waals surface area contributed by atoms with Crippen molar-refractivity contribution in [3.63, 3.8) is 0 Å². The van der Waals surface area contributed by atoms with Gasteiger partial charge in [-0.2, -0.15) is 0 Å². The summed E-state index contributed by atoms with van der Waals surface area (Å²) in [5.41, 5.74) is 0.853. The molecule has 1 amide bonds. The molecule has 1 saturated heterocycles. The molecule has 1 aliphatic heterocycles. The van der Waals surface area contributed by atoms with E-state index in [2.05, 4.69) is 6.08 Å². The van der Waals surface area contributed by atoms with E-state index < -0.39 is 5.60 Å². The summed E-state index contributed by atoms with van der Waals surface area (Å²) in [4.78, 5) is 13.6. The molecule has 1 fully saturated rings. The summed E-state index contributed by atoms with van der Waals surface area (Å²) in [6.45, 7) is 7.24. The summed E-state index contributed by atoms with van der Waals surface area (Å²) in [6.07, 6.45) is 2.86. The maximum Gasteiger partial charge on any atom is 0.410 e. The smallest absolute Gasteiger partial charge is 0.410 e. The normalized spacial score (nSPS) is 28.0. The van der Waals surface area contributed by atoms with E-state index in [1.54, 1.807) is 4.90 Å². The van der Waals surface area contributed by atoms with Gasteiger partial charge in [-0.3, -0.25) is 0 Å². The van der Waals surface area contributed by atoms with Crippen LogP contribution in [-0.4, -0.2) is 41.4 Å². The van der Waals surface area contributed by atoms with Gasteiger partial charge in [0, 0.05) is 25.6 Å². The van der Waals surface area contributed by atoms with Gasteiger partial charge >= 0.3 is 6.09 Å². The van der Waals surface area contributed by atoms with Crippen LogP contribution in [0.2, 0.25) is 0 Å². The Hall–Kier alpha value is -1.03. The number of nitrogens with zero attached hydrogens (tertiary/aromatic N) is 1. The molecular formula is C13H21NO3. The molecule has 17 heavy (non-hydrogen) atoms. The van der Waals surface area contributed by atoms with Crippen LogP contribution in [0, 0.1) is 11.8 Å². The topological polar surface area (TPSA) is 49.8 Å². The average molecular weight is 239 g/mol. The molecular weight excluding hydrogens is 218 g/mol. The monoisotopic (exact) mass is 239 g/mol. The summed E-state index contributed by atoms with van der Waals surface area (Å²) in [7, 11) is 0. The molecule has 1 heterocycles. The highest BCUT2D eigenvalue weighted by atomic mass is 16.6. The quantitative estimate of drug-likeness (QED) is 0.710. The van der Waals surface area contributed by atoms with Crippen LogP contribution in [0.1, 0.15) is 27.2 Å². The third kappa shape index (κ3) is 2.80. The zero-order valence-electron chi connectivity index (χ0n) is 10.8. The Morgan fingerprint density at radius 3 is 2.82 bits per heavy atom. The average Bonchev–Trinajstić information content (AvgIpc) is 2.70. The third-order valence-electron chi connectivity index (χ3n) is 3.26. The molecule has 0 spiro atoms. The third-order valence-corrected chi connectivity index (χ3v) is 3.26. The second-order valence-corrected chi connectivity index (χ2v) is 5.98. The van der Waals surface area contributed by atoms with Crippen LogP contribution in [0.3, 0.4) is 0 Å². The molecule has 2 atom stereocenters. The fourth-order valence-corrected chi connectivity index (χ4v) is 2.54. The van der Waals surface area contributed by atoms with Crippen LogP contribution >= 0.6 is 0 Å². The SMILES string of the molecule is CC(C)(C)OC(=O)N1CC2=C[C@@H](CO)C[C@H]2C1. The summed E-state index contributed by atoms with van der Waals surface area (Å²) < 4.78 is 5.35. The maximum atomic E-state index is 11.9. The lowest BCUT2D eigenvalue weighted by Crippen LogP contribution is -2.35. The first-order valence-electron chi connectivity index (χ1n) is 6.18. The Bertz CT molecular complexity index is 343. The number of hydrogen-bond donors (Lipinski definition) is 1. The standard InChI is InChI=1S/C13H21NO3/c1-13(2,3)17-12(16)14-6-10-4-9(8-15)5-11(10)7-14/h4,9,11,15H,5-8H2,1-3H3/t9-,11+/m1/s1. The van der Waals surface area contributed by atoms with Crippen LogP contribution in [0.25, 0.3) is 0 Å². The number of carbonyl (C=O) groups is 1. The van der Waals surface area contributed by atoms with Gasteiger partial charge in [-0.25, -0.2) is 4.79 Å². The maximum absolute atomic E-state index is 11.9. The number of amides is 1. The predicted molar refractivity (Wildman–Crippen MR) is 64.6 cm³/mol. The molecule has 4 nitrogen and oxygen atoms in total. The van der Waals surface area contributed by atoms with Crippen molar-refractivity contribution < 1.29 is 14.6 Å². The van der Waals surface area contributed by atoms with Crippen LogP contribution < -0.4 is 0 Å². The zero-order chi connectivity index (χ0) is 12.6. The number of aliphatic hydroxyl groups excluding tert-OH is 1. The molecule has 0 aromatic heterocycles. The molecule has 2 aliphatic rings. The minimum atomic E-state index is -0.434. The van der Waals surface area contributed by atoms with Gasteiger partial charge in [0.25, 0.3) is 0 Å². The van der Waals surface area contributed by atoms with Crippen LogP contribution in [0.5, 0.6) is 0 Å². The molecule has 1 N–H and O–H groups in total. The van der Waals surface area contributed by atoms with E-state index in [-0.39, 0.29) is 18.6 Å². The van der Waals surface area contributed by atoms with Crippen molar-refractivity contribution in [2.75, 3.05) is 19.7 Å². The predicted octanol–water partition coefficient (Wildman–Crippen LogP) is 1.79. The lowest BCUT2D eigenvalue weighted by molar-refractivity contribution is 0.0287. The van der Waals surface area contributed by atoms with Gasteiger partial charge in [0.1, 0.15) is 5.60 Å². The minimum absolute atomic E-state index is 0.215. The van der Waals surface area contributed by atoms with E-state index in [1.165, 1.54) is 5.57 Å². The first kappa shape index (κ1) is 12.4. The number of hydrogen-bond acceptors (Lipinski definition) is 3. The fourth-order valence-electron chi connectivity index (χ4n) is 2.54. The van der Waals surface area contributed by atoms with E-state index >= 15 is 0 Å². The fraction of sp³-hybridized carbons (Fsp3) is 0.769. The van der Waals surface area contributed by atoms with E-state index in [0.717, 1.165) is 13.0 Å². The highest BCUT2D eigenvalue weighted by Gasteiger charge is 2.37. The Morgan fingerprint density at radius 1 is 1.59 bits per heavy atom. The molecule has 0 radical (unpaired) electrons. The van der Waals surface area contributed by atoms with Crippen LogP contribution in [-0.2, 0) is 4.74 Å². The lowest BCUT2D eigenvalue weighted by atomic mass is 10.0. The van der Waals surface area contributed by atoms with Gasteiger partial charge in [-0.15, -0.1) is 0 Å². The van der Waals surface area contributed by atoms with Gasteiger partial charge in [-0.1, -0.05) is 6.08 Å². The van der Waals surface area contributed by atoms with Crippen molar-refractivity contribution >= 4 is 6.09 Å². The minimum Gasteiger partial charge on any atom is -0.444 e. The van der Waals surface area contributed by atoms with E-state index in [0.29, 0.717) is 12.5 Å². The highest BCUT2D eigenvalue weighted by molar-refractivity contribution is 5.69. The number of aliphatic hydroxyl groups is 1. The van der Waals surface area contributed by atoms with E-state index in [1.807, 2.05) is 20.8 Å². The molecule has 0 saturated carbocycles. The first-order valence-corrected chi connectivity index (χ1v) is 6.18. The van der Waals surface area contributed by atoms with Crippen molar-refractivity contribution in [2.24, 2.45) is 11.8 Å². The molecule has 96 valence electrons. The van der Waals surface area contributed by atoms with Crippen LogP contribution in [0.15, 0.2) is 11.6 Å². The van der Waals surface area contributed by atoms with Gasteiger partial charge in [0.15, 0.2) is 0 Å². The number of fused-ring (bicyclic) bond motifs is 1. The van der Waals surface area contributed by atoms with Crippen molar-refractivity contribution in [3.05, 3.63) is 11.6 Å². The van der Waals surface area contributed by atoms with Gasteiger partial charge in [0.2, 0.25) is 0 Å². The molecule has 4 heteroatoms. The van der Waals surface area contributed by atoms with Crippen molar-refractivity contribution in [3.8, 4) is 0 Å². The number of likely N-dealkylation sites (tertiary alicyclic amines) is 1. The van der Waals surface area contributed by atoms with Gasteiger partial charge in [0.05, 0.1) is 0 Å². The van der Waals surface area contributed by atoms with Crippen molar-refractivity contribution in [2.45, 2.75) is 32.8 Å². The van der Waals surface area contributed by atoms with Crippen molar-refractivity contribution in [1.29, 1.82) is 0 Å². The highest BCUT2D eigenvalue weighted by Crippen LogP contribution is 2.36. The molecule has 0 unspecified atom stereocenters. The molecule has 2 rings (SSSR count). The molecule has 1 aliphatic carbocycles. The largest absolute Gasteiger partial charge is 0.444 e. The number of carbonyl (C=O) groups excluding carboxylic acids is 1. The zero-order valence-corrected chi connectivity index (χ0v) is 10.8. The lowest BCUT2D eigenvalue weighted by Gasteiger charge is -2.24. The van der Waals surface area contributed by atoms with Crippen molar-refractivity contribution in [1.82, 2.24) is 4.90 Å². The number of rotatable bonds is 1.